The fraction of sp³-hybridized carbons (Fsp3) is 0.280. The first-order valence-electron chi connectivity index (χ1n) is 11.1. The third kappa shape index (κ3) is 4.82. The molecule has 3 aromatic heterocycles. The van der Waals surface area contributed by atoms with Crippen molar-refractivity contribution in [3.8, 4) is 22.4 Å². The van der Waals surface area contributed by atoms with Gasteiger partial charge in [-0.05, 0) is 78.9 Å². The summed E-state index contributed by atoms with van der Waals surface area (Å²) in [5.74, 6) is 0.702. The molecule has 33 heavy (non-hydrogen) atoms. The van der Waals surface area contributed by atoms with Gasteiger partial charge in [0.25, 0.3) is 0 Å². The monoisotopic (exact) mass is 464 g/mol. The predicted octanol–water partition coefficient (Wildman–Crippen LogP) is 4.12. The molecule has 0 aliphatic carbocycles. The molecular formula is C25H25FN4O2S. The second kappa shape index (κ2) is 9.03. The Morgan fingerprint density at radius 2 is 1.70 bits per heavy atom. The SMILES string of the molecule is O=S1(=O)CCC(CNCc2ccc3c(-c4ccncc4)c(-c4ccc(F)cc4)nn3c2)CC1. The summed E-state index contributed by atoms with van der Waals surface area (Å²) in [6.07, 6.45) is 6.96. The Morgan fingerprint density at radius 3 is 2.42 bits per heavy atom. The van der Waals surface area contributed by atoms with Crippen molar-refractivity contribution >= 4 is 15.4 Å². The Bertz CT molecular complexity index is 1360. The van der Waals surface area contributed by atoms with Gasteiger partial charge >= 0.3 is 0 Å². The van der Waals surface area contributed by atoms with Crippen molar-refractivity contribution in [2.75, 3.05) is 18.1 Å². The highest BCUT2D eigenvalue weighted by atomic mass is 32.2. The molecule has 0 amide bonds. The summed E-state index contributed by atoms with van der Waals surface area (Å²) in [6, 6.07) is 14.4. The molecule has 1 N–H and O–H groups in total. The van der Waals surface area contributed by atoms with E-state index in [1.807, 2.05) is 22.8 Å². The molecule has 1 aromatic carbocycles. The molecule has 0 spiro atoms. The number of aromatic nitrogens is 3. The van der Waals surface area contributed by atoms with Crippen molar-refractivity contribution in [1.29, 1.82) is 0 Å². The van der Waals surface area contributed by atoms with Gasteiger partial charge in [-0.3, -0.25) is 4.98 Å². The molecule has 0 bridgehead atoms. The van der Waals surface area contributed by atoms with Crippen LogP contribution < -0.4 is 5.32 Å². The van der Waals surface area contributed by atoms with E-state index in [0.717, 1.165) is 52.9 Å². The van der Waals surface area contributed by atoms with Crippen molar-refractivity contribution in [2.45, 2.75) is 19.4 Å². The molecule has 8 heteroatoms. The third-order valence-corrected chi connectivity index (χ3v) is 7.93. The Morgan fingerprint density at radius 1 is 0.970 bits per heavy atom. The molecule has 170 valence electrons. The maximum atomic E-state index is 13.5. The standard InChI is InChI=1S/C25H25FN4O2S/c26-22-4-2-21(3-5-22)25-24(20-7-11-27-12-8-20)23-6-1-19(17-30(23)29-25)16-28-15-18-9-13-33(31,32)14-10-18/h1-8,11-12,17-18,28H,9-10,13-16H2. The van der Waals surface area contributed by atoms with E-state index >= 15 is 0 Å². The van der Waals surface area contributed by atoms with Gasteiger partial charge < -0.3 is 5.32 Å². The molecule has 1 aliphatic rings. The van der Waals surface area contributed by atoms with E-state index in [1.54, 1.807) is 24.5 Å². The van der Waals surface area contributed by atoms with E-state index in [0.29, 0.717) is 24.0 Å². The second-order valence-electron chi connectivity index (χ2n) is 8.56. The van der Waals surface area contributed by atoms with Gasteiger partial charge in [-0.2, -0.15) is 5.10 Å². The summed E-state index contributed by atoms with van der Waals surface area (Å²) in [6.45, 7) is 1.48. The van der Waals surface area contributed by atoms with Gasteiger partial charge in [0.1, 0.15) is 21.3 Å². The van der Waals surface area contributed by atoms with Crippen LogP contribution in [0.3, 0.4) is 0 Å². The summed E-state index contributed by atoms with van der Waals surface area (Å²) in [7, 11) is -2.83. The number of nitrogens with one attached hydrogen (secondary N) is 1. The topological polar surface area (TPSA) is 76.4 Å². The molecule has 0 saturated carbocycles. The van der Waals surface area contributed by atoms with Crippen molar-refractivity contribution in [3.05, 3.63) is 78.5 Å². The third-order valence-electron chi connectivity index (χ3n) is 6.21. The highest BCUT2D eigenvalue weighted by Gasteiger charge is 2.23. The normalized spacial score (nSPS) is 16.3. The van der Waals surface area contributed by atoms with Gasteiger partial charge in [0.05, 0.1) is 17.0 Å². The van der Waals surface area contributed by atoms with E-state index in [-0.39, 0.29) is 5.82 Å². The van der Waals surface area contributed by atoms with E-state index in [2.05, 4.69) is 22.4 Å². The molecule has 0 radical (unpaired) electrons. The summed E-state index contributed by atoms with van der Waals surface area (Å²) >= 11 is 0. The number of pyridine rings is 2. The van der Waals surface area contributed by atoms with Crippen molar-refractivity contribution in [1.82, 2.24) is 19.9 Å². The van der Waals surface area contributed by atoms with E-state index in [1.165, 1.54) is 12.1 Å². The van der Waals surface area contributed by atoms with Crippen molar-refractivity contribution in [2.24, 2.45) is 5.92 Å². The fourth-order valence-electron chi connectivity index (χ4n) is 4.37. The van der Waals surface area contributed by atoms with E-state index < -0.39 is 9.84 Å². The molecule has 0 unspecified atom stereocenters. The fourth-order valence-corrected chi connectivity index (χ4v) is 5.96. The van der Waals surface area contributed by atoms with Crippen LogP contribution in [-0.4, -0.2) is 41.1 Å². The average molecular weight is 465 g/mol. The van der Waals surface area contributed by atoms with Gasteiger partial charge in [0, 0.05) is 36.3 Å². The first-order chi connectivity index (χ1) is 16.0. The number of hydrogen-bond acceptors (Lipinski definition) is 5. The van der Waals surface area contributed by atoms with E-state index in [9.17, 15) is 12.8 Å². The van der Waals surface area contributed by atoms with Crippen LogP contribution >= 0.6 is 0 Å². The molecule has 1 saturated heterocycles. The first-order valence-corrected chi connectivity index (χ1v) is 12.9. The Kier molecular flexibility index (Phi) is 5.95. The zero-order valence-corrected chi connectivity index (χ0v) is 18.9. The number of nitrogens with zero attached hydrogens (tertiary/aromatic N) is 3. The molecule has 5 rings (SSSR count). The smallest absolute Gasteiger partial charge is 0.150 e. The largest absolute Gasteiger partial charge is 0.312 e. The van der Waals surface area contributed by atoms with Crippen LogP contribution in [0.1, 0.15) is 18.4 Å². The average Bonchev–Trinajstić information content (AvgIpc) is 3.20. The predicted molar refractivity (Wildman–Crippen MR) is 127 cm³/mol. The zero-order chi connectivity index (χ0) is 22.8. The van der Waals surface area contributed by atoms with Crippen molar-refractivity contribution < 1.29 is 12.8 Å². The minimum absolute atomic E-state index is 0.281. The Balaban J connectivity index is 1.40. The lowest BCUT2D eigenvalue weighted by Crippen LogP contribution is -2.30. The van der Waals surface area contributed by atoms with Crippen LogP contribution in [0.2, 0.25) is 0 Å². The summed E-state index contributed by atoms with van der Waals surface area (Å²) < 4.78 is 38.6. The summed E-state index contributed by atoms with van der Waals surface area (Å²) in [5, 5.41) is 8.31. The molecule has 1 fully saturated rings. The number of sulfone groups is 1. The minimum Gasteiger partial charge on any atom is -0.312 e. The number of benzene rings is 1. The van der Waals surface area contributed by atoms with Crippen LogP contribution in [0.15, 0.2) is 67.1 Å². The number of rotatable bonds is 6. The lowest BCUT2D eigenvalue weighted by atomic mass is 10.0. The van der Waals surface area contributed by atoms with Crippen LogP contribution in [0.5, 0.6) is 0 Å². The number of halogens is 1. The van der Waals surface area contributed by atoms with E-state index in [4.69, 9.17) is 5.10 Å². The second-order valence-corrected chi connectivity index (χ2v) is 10.9. The maximum absolute atomic E-state index is 13.5. The molecular weight excluding hydrogens is 439 g/mol. The molecule has 4 aromatic rings. The van der Waals surface area contributed by atoms with Crippen LogP contribution in [-0.2, 0) is 16.4 Å². The minimum atomic E-state index is -2.83. The van der Waals surface area contributed by atoms with Gasteiger partial charge in [-0.25, -0.2) is 17.3 Å². The van der Waals surface area contributed by atoms with Crippen molar-refractivity contribution in [3.63, 3.8) is 0 Å². The summed E-state index contributed by atoms with van der Waals surface area (Å²) in [5.41, 5.74) is 5.65. The van der Waals surface area contributed by atoms with Gasteiger partial charge in [0.15, 0.2) is 0 Å². The van der Waals surface area contributed by atoms with Gasteiger partial charge in [0.2, 0.25) is 0 Å². The first kappa shape index (κ1) is 21.7. The molecule has 1 aliphatic heterocycles. The highest BCUT2D eigenvalue weighted by Crippen LogP contribution is 2.35. The highest BCUT2D eigenvalue weighted by molar-refractivity contribution is 7.91. The van der Waals surface area contributed by atoms with Gasteiger partial charge in [-0.15, -0.1) is 0 Å². The lowest BCUT2D eigenvalue weighted by molar-refractivity contribution is 0.432. The molecule has 4 heterocycles. The summed E-state index contributed by atoms with van der Waals surface area (Å²) in [4.78, 5) is 4.13. The van der Waals surface area contributed by atoms with Crippen LogP contribution in [0.25, 0.3) is 27.9 Å². The number of fused-ring (bicyclic) bond motifs is 1. The molecule has 6 nitrogen and oxygen atoms in total. The number of hydrogen-bond donors (Lipinski definition) is 1. The molecule has 0 atom stereocenters. The Hall–Kier alpha value is -3.10. The maximum Gasteiger partial charge on any atom is 0.150 e. The van der Waals surface area contributed by atoms with Crippen LogP contribution in [0.4, 0.5) is 4.39 Å². The lowest BCUT2D eigenvalue weighted by Gasteiger charge is -2.22. The quantitative estimate of drug-likeness (QED) is 0.465. The van der Waals surface area contributed by atoms with Crippen LogP contribution in [0, 0.1) is 11.7 Å². The van der Waals surface area contributed by atoms with Gasteiger partial charge in [-0.1, -0.05) is 6.07 Å². The zero-order valence-electron chi connectivity index (χ0n) is 18.1. The Labute approximate surface area is 192 Å².